The van der Waals surface area contributed by atoms with Gasteiger partial charge in [-0.25, -0.2) is 0 Å². The van der Waals surface area contributed by atoms with Gasteiger partial charge in [0.05, 0.1) is 5.41 Å². The Hall–Kier alpha value is -2.55. The number of fused-ring (bicyclic) bond motifs is 1. The summed E-state index contributed by atoms with van der Waals surface area (Å²) in [6, 6.07) is 14.6. The van der Waals surface area contributed by atoms with Crippen LogP contribution in [0.1, 0.15) is 45.2 Å². The number of anilines is 1. The van der Waals surface area contributed by atoms with Crippen LogP contribution >= 0.6 is 0 Å². The molecule has 0 radical (unpaired) electrons. The largest absolute Gasteiger partial charge is 0.507 e. The van der Waals surface area contributed by atoms with E-state index in [1.165, 1.54) is 17.0 Å². The molecule has 0 amide bonds. The van der Waals surface area contributed by atoms with Gasteiger partial charge in [-0.15, -0.1) is 0 Å². The molecule has 2 aromatic carbocycles. The van der Waals surface area contributed by atoms with Crippen LogP contribution in [0, 0.1) is 0 Å². The van der Waals surface area contributed by atoms with Gasteiger partial charge in [0.1, 0.15) is 12.8 Å². The highest BCUT2D eigenvalue weighted by atomic mass is 16.3. The van der Waals surface area contributed by atoms with Crippen LogP contribution in [-0.4, -0.2) is 35.5 Å². The van der Waals surface area contributed by atoms with E-state index in [9.17, 15) is 5.11 Å². The van der Waals surface area contributed by atoms with Crippen molar-refractivity contribution in [2.45, 2.75) is 39.5 Å². The molecule has 27 heavy (non-hydrogen) atoms. The standard InChI is InChI=1S/C24H30N2O/c1-6-24(4)20-11-9-10-12-21(20)25(5)23(24)16-14-18-13-15-19(17-22(18)27)26(7-2)8-3/h9-17H,6-8H2,1-5H3/p+1. The second-order valence-corrected chi connectivity index (χ2v) is 7.40. The van der Waals surface area contributed by atoms with Crippen molar-refractivity contribution in [2.24, 2.45) is 0 Å². The van der Waals surface area contributed by atoms with Crippen molar-refractivity contribution in [3.8, 4) is 5.75 Å². The third-order valence-corrected chi connectivity index (χ3v) is 6.06. The second kappa shape index (κ2) is 7.59. The molecule has 0 bridgehead atoms. The number of phenolic OH excluding ortho intramolecular Hbond substituents is 1. The molecule has 2 aromatic rings. The van der Waals surface area contributed by atoms with Gasteiger partial charge in [0, 0.05) is 48.1 Å². The Bertz CT molecular complexity index is 893. The molecule has 0 aliphatic carbocycles. The molecule has 0 spiro atoms. The zero-order valence-electron chi connectivity index (χ0n) is 17.2. The third kappa shape index (κ3) is 3.27. The monoisotopic (exact) mass is 363 g/mol. The number of aromatic hydroxyl groups is 1. The summed E-state index contributed by atoms with van der Waals surface area (Å²) in [6.07, 6.45) is 5.23. The van der Waals surface area contributed by atoms with Crippen LogP contribution in [0.25, 0.3) is 6.08 Å². The van der Waals surface area contributed by atoms with Crippen LogP contribution in [0.3, 0.4) is 0 Å². The first-order valence-electron chi connectivity index (χ1n) is 9.93. The van der Waals surface area contributed by atoms with Crippen molar-refractivity contribution in [1.29, 1.82) is 0 Å². The molecule has 1 aliphatic heterocycles. The second-order valence-electron chi connectivity index (χ2n) is 7.40. The van der Waals surface area contributed by atoms with Crippen molar-refractivity contribution >= 4 is 23.2 Å². The Morgan fingerprint density at radius 3 is 2.37 bits per heavy atom. The van der Waals surface area contributed by atoms with Crippen molar-refractivity contribution in [1.82, 2.24) is 0 Å². The Morgan fingerprint density at radius 2 is 1.74 bits per heavy atom. The van der Waals surface area contributed by atoms with Gasteiger partial charge in [0.25, 0.3) is 0 Å². The van der Waals surface area contributed by atoms with E-state index in [-0.39, 0.29) is 5.41 Å². The van der Waals surface area contributed by atoms with E-state index >= 15 is 0 Å². The molecule has 0 saturated heterocycles. The number of rotatable bonds is 6. The first-order valence-corrected chi connectivity index (χ1v) is 9.93. The zero-order chi connectivity index (χ0) is 19.6. The maximum atomic E-state index is 10.5. The summed E-state index contributed by atoms with van der Waals surface area (Å²) in [6.45, 7) is 10.7. The van der Waals surface area contributed by atoms with Crippen LogP contribution in [-0.2, 0) is 5.41 Å². The maximum Gasteiger partial charge on any atom is 0.209 e. The molecule has 3 heteroatoms. The average Bonchev–Trinajstić information content (AvgIpc) is 2.90. The van der Waals surface area contributed by atoms with E-state index in [1.807, 2.05) is 18.2 Å². The molecule has 1 aliphatic rings. The molecular weight excluding hydrogens is 332 g/mol. The Morgan fingerprint density at radius 1 is 1.04 bits per heavy atom. The predicted molar refractivity (Wildman–Crippen MR) is 116 cm³/mol. The molecule has 142 valence electrons. The molecule has 0 saturated carbocycles. The van der Waals surface area contributed by atoms with Crippen LogP contribution in [0.5, 0.6) is 5.75 Å². The molecule has 1 heterocycles. The lowest BCUT2D eigenvalue weighted by atomic mass is 9.77. The van der Waals surface area contributed by atoms with Crippen LogP contribution in [0.2, 0.25) is 0 Å². The average molecular weight is 364 g/mol. The Kier molecular flexibility index (Phi) is 5.41. The minimum atomic E-state index is -0.0153. The fourth-order valence-electron chi connectivity index (χ4n) is 4.17. The lowest BCUT2D eigenvalue weighted by molar-refractivity contribution is -0.401. The van der Waals surface area contributed by atoms with Gasteiger partial charge in [0.2, 0.25) is 5.69 Å². The van der Waals surface area contributed by atoms with Crippen molar-refractivity contribution in [3.63, 3.8) is 0 Å². The molecular formula is C24H31N2O+. The van der Waals surface area contributed by atoms with E-state index in [4.69, 9.17) is 0 Å². The first-order chi connectivity index (χ1) is 13.0. The Labute approximate surface area is 163 Å². The lowest BCUT2D eigenvalue weighted by Crippen LogP contribution is -2.29. The topological polar surface area (TPSA) is 26.5 Å². The number of hydrogen-bond donors (Lipinski definition) is 1. The smallest absolute Gasteiger partial charge is 0.209 e. The molecule has 3 rings (SSSR count). The lowest BCUT2D eigenvalue weighted by Gasteiger charge is -2.21. The Balaban J connectivity index is 1.96. The van der Waals surface area contributed by atoms with Crippen LogP contribution in [0.15, 0.2) is 48.5 Å². The van der Waals surface area contributed by atoms with Gasteiger partial charge >= 0.3 is 0 Å². The predicted octanol–water partition coefficient (Wildman–Crippen LogP) is 5.35. The van der Waals surface area contributed by atoms with Gasteiger partial charge in [-0.1, -0.05) is 25.1 Å². The van der Waals surface area contributed by atoms with Crippen molar-refractivity contribution < 1.29 is 9.68 Å². The minimum absolute atomic E-state index is 0.0153. The number of benzene rings is 2. The summed E-state index contributed by atoms with van der Waals surface area (Å²) in [5.74, 6) is 0.326. The number of phenols is 1. The summed E-state index contributed by atoms with van der Waals surface area (Å²) in [5.41, 5.74) is 5.79. The van der Waals surface area contributed by atoms with Gasteiger partial charge < -0.3 is 10.0 Å². The number of allylic oxidation sites excluding steroid dienone is 1. The van der Waals surface area contributed by atoms with Gasteiger partial charge in [-0.05, 0) is 45.4 Å². The number of hydrogen-bond acceptors (Lipinski definition) is 2. The van der Waals surface area contributed by atoms with E-state index in [0.717, 1.165) is 30.8 Å². The van der Waals surface area contributed by atoms with Crippen LogP contribution < -0.4 is 4.90 Å². The highest BCUT2D eigenvalue weighted by molar-refractivity contribution is 6.05. The quantitative estimate of drug-likeness (QED) is 0.701. The fraction of sp³-hybridized carbons (Fsp3) is 0.375. The van der Waals surface area contributed by atoms with Crippen LogP contribution in [0.4, 0.5) is 11.4 Å². The van der Waals surface area contributed by atoms with Crippen molar-refractivity contribution in [2.75, 3.05) is 25.0 Å². The number of nitrogens with zero attached hydrogens (tertiary/aromatic N) is 2. The van der Waals surface area contributed by atoms with E-state index < -0.39 is 0 Å². The summed E-state index contributed by atoms with van der Waals surface area (Å²) >= 11 is 0. The molecule has 1 unspecified atom stereocenters. The zero-order valence-corrected chi connectivity index (χ0v) is 17.2. The third-order valence-electron chi connectivity index (χ3n) is 6.06. The minimum Gasteiger partial charge on any atom is -0.507 e. The van der Waals surface area contributed by atoms with Crippen molar-refractivity contribution in [3.05, 3.63) is 59.7 Å². The summed E-state index contributed by atoms with van der Waals surface area (Å²) in [5, 5.41) is 10.5. The molecule has 0 aromatic heterocycles. The van der Waals surface area contributed by atoms with Gasteiger partial charge in [0.15, 0.2) is 5.71 Å². The molecule has 0 fully saturated rings. The highest BCUT2D eigenvalue weighted by Gasteiger charge is 2.44. The van der Waals surface area contributed by atoms with Gasteiger partial charge in [-0.2, -0.15) is 4.58 Å². The van der Waals surface area contributed by atoms with E-state index in [0.29, 0.717) is 5.75 Å². The number of para-hydroxylation sites is 1. The normalized spacial score (nSPS) is 19.0. The van der Waals surface area contributed by atoms with Gasteiger partial charge in [-0.3, -0.25) is 0 Å². The molecule has 1 N–H and O–H groups in total. The molecule has 1 atom stereocenters. The maximum absolute atomic E-state index is 10.5. The molecule has 3 nitrogen and oxygen atoms in total. The van der Waals surface area contributed by atoms with E-state index in [1.54, 1.807) is 0 Å². The van der Waals surface area contributed by atoms with E-state index in [2.05, 4.69) is 80.6 Å². The SMILES string of the molecule is CCN(CC)c1ccc(/C=C/C2=[N+](C)c3ccccc3C2(C)CC)c(O)c1. The first kappa shape index (κ1) is 19.2. The summed E-state index contributed by atoms with van der Waals surface area (Å²) in [4.78, 5) is 2.23. The highest BCUT2D eigenvalue weighted by Crippen LogP contribution is 2.41. The summed E-state index contributed by atoms with van der Waals surface area (Å²) < 4.78 is 2.27. The fourth-order valence-corrected chi connectivity index (χ4v) is 4.17. The summed E-state index contributed by atoms with van der Waals surface area (Å²) in [7, 11) is 2.13.